The maximum Gasteiger partial charge on any atom is 0.287 e. The minimum atomic E-state index is -0.566. The molecule has 1 amide bonds. The van der Waals surface area contributed by atoms with Crippen molar-refractivity contribution in [1.29, 1.82) is 0 Å². The molecule has 0 heterocycles. The lowest BCUT2D eigenvalue weighted by Crippen LogP contribution is -2.33. The number of rotatable bonds is 3. The first-order chi connectivity index (χ1) is 9.28. The second-order valence-corrected chi connectivity index (χ2v) is 6.41. The molecule has 1 aromatic rings. The summed E-state index contributed by atoms with van der Waals surface area (Å²) < 4.78 is 0. The van der Waals surface area contributed by atoms with Gasteiger partial charge in [0.25, 0.3) is 11.6 Å². The van der Waals surface area contributed by atoms with Crippen molar-refractivity contribution < 1.29 is 9.72 Å². The Morgan fingerprint density at radius 2 is 2.20 bits per heavy atom. The Morgan fingerprint density at radius 3 is 2.70 bits per heavy atom. The van der Waals surface area contributed by atoms with Gasteiger partial charge in [0.2, 0.25) is 0 Å². The largest absolute Gasteiger partial charge is 0.349 e. The average Bonchev–Trinajstić information content (AvgIpc) is 2.68. The van der Waals surface area contributed by atoms with E-state index in [1.165, 1.54) is 18.2 Å². The van der Waals surface area contributed by atoms with Crippen LogP contribution in [0, 0.1) is 15.5 Å². The highest BCUT2D eigenvalue weighted by molar-refractivity contribution is 6.33. The van der Waals surface area contributed by atoms with Crippen LogP contribution in [0.4, 0.5) is 5.69 Å². The van der Waals surface area contributed by atoms with E-state index in [0.717, 1.165) is 19.3 Å². The van der Waals surface area contributed by atoms with Gasteiger partial charge in [-0.1, -0.05) is 25.4 Å². The van der Waals surface area contributed by atoms with Crippen LogP contribution in [0.3, 0.4) is 0 Å². The molecule has 0 radical (unpaired) electrons. The Labute approximate surface area is 122 Å². The van der Waals surface area contributed by atoms with Gasteiger partial charge in [-0.05, 0) is 36.8 Å². The summed E-state index contributed by atoms with van der Waals surface area (Å²) in [6.45, 7) is 4.36. The zero-order chi connectivity index (χ0) is 14.9. The quantitative estimate of drug-likeness (QED) is 0.684. The summed E-state index contributed by atoms with van der Waals surface area (Å²) in [6, 6.07) is 4.19. The fourth-order valence-electron chi connectivity index (χ4n) is 2.62. The van der Waals surface area contributed by atoms with E-state index in [1.54, 1.807) is 0 Å². The first-order valence-electron chi connectivity index (χ1n) is 6.53. The van der Waals surface area contributed by atoms with Crippen LogP contribution in [0.2, 0.25) is 5.02 Å². The van der Waals surface area contributed by atoms with Crippen LogP contribution < -0.4 is 5.32 Å². The molecule has 0 aliphatic heterocycles. The number of carbonyl (C=O) groups excluding carboxylic acids is 1. The molecule has 6 heteroatoms. The van der Waals surface area contributed by atoms with E-state index in [-0.39, 0.29) is 28.1 Å². The minimum absolute atomic E-state index is 0.0191. The average molecular weight is 297 g/mol. The first-order valence-corrected chi connectivity index (χ1v) is 6.91. The number of nitrogens with one attached hydrogen (secondary N) is 1. The molecule has 0 saturated heterocycles. The molecule has 0 aromatic heterocycles. The summed E-state index contributed by atoms with van der Waals surface area (Å²) in [5.41, 5.74) is 0.418. The Balaban J connectivity index is 2.07. The van der Waals surface area contributed by atoms with Crippen LogP contribution in [0.1, 0.15) is 43.5 Å². The van der Waals surface area contributed by atoms with Crippen molar-refractivity contribution in [3.63, 3.8) is 0 Å². The first kappa shape index (κ1) is 14.8. The molecule has 1 aromatic carbocycles. The number of nitro benzene ring substituents is 1. The lowest BCUT2D eigenvalue weighted by molar-refractivity contribution is -0.384. The van der Waals surface area contributed by atoms with Crippen LogP contribution in [-0.4, -0.2) is 16.9 Å². The zero-order valence-corrected chi connectivity index (χ0v) is 12.2. The molecule has 1 fully saturated rings. The molecule has 1 N–H and O–H groups in total. The SMILES string of the molecule is CC1(C)CCC(NC(=O)c2ccc([N+](=O)[O-])c(Cl)c2)C1. The van der Waals surface area contributed by atoms with Crippen molar-refractivity contribution in [2.45, 2.75) is 39.2 Å². The Kier molecular flexibility index (Phi) is 3.99. The Morgan fingerprint density at radius 1 is 1.50 bits per heavy atom. The van der Waals surface area contributed by atoms with Crippen molar-refractivity contribution in [1.82, 2.24) is 5.32 Å². The van der Waals surface area contributed by atoms with E-state index in [2.05, 4.69) is 19.2 Å². The van der Waals surface area contributed by atoms with E-state index in [9.17, 15) is 14.9 Å². The van der Waals surface area contributed by atoms with E-state index in [4.69, 9.17) is 11.6 Å². The fourth-order valence-corrected chi connectivity index (χ4v) is 2.87. The summed E-state index contributed by atoms with van der Waals surface area (Å²) >= 11 is 5.81. The van der Waals surface area contributed by atoms with E-state index in [1.807, 2.05) is 0 Å². The van der Waals surface area contributed by atoms with Crippen LogP contribution in [0.15, 0.2) is 18.2 Å². The van der Waals surface area contributed by atoms with Gasteiger partial charge in [-0.2, -0.15) is 0 Å². The van der Waals surface area contributed by atoms with Crippen molar-refractivity contribution in [3.8, 4) is 0 Å². The smallest absolute Gasteiger partial charge is 0.287 e. The molecular weight excluding hydrogens is 280 g/mol. The molecule has 1 aliphatic carbocycles. The van der Waals surface area contributed by atoms with Gasteiger partial charge in [-0.25, -0.2) is 0 Å². The van der Waals surface area contributed by atoms with Gasteiger partial charge in [0.1, 0.15) is 5.02 Å². The molecular formula is C14H17ClN2O3. The van der Waals surface area contributed by atoms with Crippen molar-refractivity contribution >= 4 is 23.2 Å². The van der Waals surface area contributed by atoms with E-state index in [0.29, 0.717) is 5.56 Å². The van der Waals surface area contributed by atoms with Gasteiger partial charge in [-0.3, -0.25) is 14.9 Å². The monoisotopic (exact) mass is 296 g/mol. The lowest BCUT2D eigenvalue weighted by atomic mass is 9.92. The van der Waals surface area contributed by atoms with Gasteiger partial charge in [-0.15, -0.1) is 0 Å². The highest BCUT2D eigenvalue weighted by atomic mass is 35.5. The van der Waals surface area contributed by atoms with Crippen molar-refractivity contribution in [2.75, 3.05) is 0 Å². The molecule has 1 aliphatic rings. The molecule has 0 spiro atoms. The van der Waals surface area contributed by atoms with Gasteiger partial charge in [0.05, 0.1) is 4.92 Å². The summed E-state index contributed by atoms with van der Waals surface area (Å²) in [5, 5.41) is 13.6. The number of carbonyl (C=O) groups is 1. The second-order valence-electron chi connectivity index (χ2n) is 6.00. The standard InChI is InChI=1S/C14H17ClN2O3/c1-14(2)6-5-10(8-14)16-13(18)9-3-4-12(17(19)20)11(15)7-9/h3-4,7,10H,5-6,8H2,1-2H3,(H,16,18). The van der Waals surface area contributed by atoms with Crippen LogP contribution in [0.25, 0.3) is 0 Å². The fraction of sp³-hybridized carbons (Fsp3) is 0.500. The molecule has 1 atom stereocenters. The molecule has 1 saturated carbocycles. The number of hydrogen-bond donors (Lipinski definition) is 1. The third-order valence-corrected chi connectivity index (χ3v) is 4.01. The van der Waals surface area contributed by atoms with E-state index < -0.39 is 4.92 Å². The van der Waals surface area contributed by atoms with Crippen LogP contribution >= 0.6 is 11.6 Å². The van der Waals surface area contributed by atoms with Crippen LogP contribution in [0.5, 0.6) is 0 Å². The predicted octanol–water partition coefficient (Wildman–Crippen LogP) is 3.56. The van der Waals surface area contributed by atoms with Gasteiger partial charge >= 0.3 is 0 Å². The minimum Gasteiger partial charge on any atom is -0.349 e. The molecule has 5 nitrogen and oxygen atoms in total. The van der Waals surface area contributed by atoms with Gasteiger partial charge in [0, 0.05) is 17.7 Å². The Bertz CT molecular complexity index is 557. The van der Waals surface area contributed by atoms with Crippen molar-refractivity contribution in [3.05, 3.63) is 38.9 Å². The highest BCUT2D eigenvalue weighted by Crippen LogP contribution is 2.37. The zero-order valence-electron chi connectivity index (χ0n) is 11.5. The Hall–Kier alpha value is -1.62. The predicted molar refractivity (Wildman–Crippen MR) is 77.0 cm³/mol. The number of benzene rings is 1. The highest BCUT2D eigenvalue weighted by Gasteiger charge is 2.31. The van der Waals surface area contributed by atoms with Crippen molar-refractivity contribution in [2.24, 2.45) is 5.41 Å². The molecule has 0 bridgehead atoms. The second kappa shape index (κ2) is 5.40. The molecule has 20 heavy (non-hydrogen) atoms. The topological polar surface area (TPSA) is 72.2 Å². The summed E-state index contributed by atoms with van der Waals surface area (Å²) in [7, 11) is 0. The molecule has 1 unspecified atom stereocenters. The maximum absolute atomic E-state index is 12.1. The van der Waals surface area contributed by atoms with E-state index >= 15 is 0 Å². The maximum atomic E-state index is 12.1. The third-order valence-electron chi connectivity index (χ3n) is 3.71. The summed E-state index contributed by atoms with van der Waals surface area (Å²) in [6.07, 6.45) is 2.98. The number of halogens is 1. The normalized spacial score (nSPS) is 20.6. The van der Waals surface area contributed by atoms with Crippen LogP contribution in [-0.2, 0) is 0 Å². The summed E-state index contributed by atoms with van der Waals surface area (Å²) in [4.78, 5) is 22.2. The number of nitrogens with zero attached hydrogens (tertiary/aromatic N) is 1. The molecule has 2 rings (SSSR count). The number of hydrogen-bond acceptors (Lipinski definition) is 3. The molecule has 108 valence electrons. The number of nitro groups is 1. The lowest BCUT2D eigenvalue weighted by Gasteiger charge is -2.17. The number of amides is 1. The van der Waals surface area contributed by atoms with Gasteiger partial charge in [0.15, 0.2) is 0 Å². The third kappa shape index (κ3) is 3.28. The summed E-state index contributed by atoms with van der Waals surface area (Å²) in [5.74, 6) is -0.232. The van der Waals surface area contributed by atoms with Gasteiger partial charge < -0.3 is 5.32 Å².